The number of hydrogen-bond acceptors (Lipinski definition) is 5. The molecule has 0 radical (unpaired) electrons. The van der Waals surface area contributed by atoms with Crippen LogP contribution in [0.25, 0.3) is 11.1 Å². The number of carbonyl (C=O) groups excluding carboxylic acids is 2. The third-order valence-corrected chi connectivity index (χ3v) is 7.30. The number of nitrogens with two attached hydrogens (primary N) is 1. The van der Waals surface area contributed by atoms with Crippen molar-refractivity contribution < 1.29 is 18.0 Å². The molecule has 2 amide bonds. The van der Waals surface area contributed by atoms with Crippen molar-refractivity contribution in [2.75, 3.05) is 0 Å². The summed E-state index contributed by atoms with van der Waals surface area (Å²) in [4.78, 5) is 29.6. The second-order valence-corrected chi connectivity index (χ2v) is 10.2. The second kappa shape index (κ2) is 10.8. The fraction of sp³-hybridized carbons (Fsp3) is 0.269. The summed E-state index contributed by atoms with van der Waals surface area (Å²) >= 11 is 0. The lowest BCUT2D eigenvalue weighted by Gasteiger charge is -2.19. The molecular formula is C26H28N4O4S. The minimum atomic E-state index is -3.85. The molecule has 1 saturated carbocycles. The van der Waals surface area contributed by atoms with Crippen LogP contribution in [0.15, 0.2) is 78.0 Å². The molecule has 4 rings (SSSR count). The van der Waals surface area contributed by atoms with Crippen molar-refractivity contribution in [2.45, 2.75) is 37.2 Å². The summed E-state index contributed by atoms with van der Waals surface area (Å²) in [6, 6.07) is 17.5. The Labute approximate surface area is 205 Å². The highest BCUT2D eigenvalue weighted by Gasteiger charge is 2.37. The van der Waals surface area contributed by atoms with Gasteiger partial charge in [-0.15, -0.1) is 0 Å². The molecule has 35 heavy (non-hydrogen) atoms. The lowest BCUT2D eigenvalue weighted by atomic mass is 9.94. The molecule has 8 nitrogen and oxygen atoms in total. The molecule has 1 aliphatic rings. The van der Waals surface area contributed by atoms with Gasteiger partial charge < -0.3 is 10.6 Å². The van der Waals surface area contributed by atoms with E-state index in [1.165, 1.54) is 6.07 Å². The summed E-state index contributed by atoms with van der Waals surface area (Å²) in [5.41, 5.74) is 3.07. The Kier molecular flexibility index (Phi) is 7.57. The fourth-order valence-electron chi connectivity index (χ4n) is 4.48. The minimum Gasteiger partial charge on any atom is -0.352 e. The third-order valence-electron chi connectivity index (χ3n) is 6.33. The first-order chi connectivity index (χ1) is 16.8. The lowest BCUT2D eigenvalue weighted by Crippen LogP contribution is -2.39. The van der Waals surface area contributed by atoms with E-state index in [-0.39, 0.29) is 28.5 Å². The van der Waals surface area contributed by atoms with Crippen LogP contribution in [-0.4, -0.2) is 25.2 Å². The zero-order valence-electron chi connectivity index (χ0n) is 19.2. The molecule has 2 aromatic carbocycles. The maximum absolute atomic E-state index is 12.9. The molecular weight excluding hydrogens is 464 g/mol. The van der Waals surface area contributed by atoms with E-state index >= 15 is 0 Å². The SMILES string of the molecule is NS(=O)(=O)c1ccccc1-c1ccc(CNC(=O)[C@@H]2CCCC2C(=O)NCc2ccncc2)cc1. The van der Waals surface area contributed by atoms with Crippen LogP contribution in [-0.2, 0) is 32.7 Å². The van der Waals surface area contributed by atoms with Gasteiger partial charge >= 0.3 is 0 Å². The smallest absolute Gasteiger partial charge is 0.238 e. The molecule has 1 aliphatic carbocycles. The Balaban J connectivity index is 1.35. The van der Waals surface area contributed by atoms with Crippen molar-refractivity contribution in [3.63, 3.8) is 0 Å². The number of hydrogen-bond donors (Lipinski definition) is 3. The second-order valence-electron chi connectivity index (χ2n) is 8.67. The highest BCUT2D eigenvalue weighted by Crippen LogP contribution is 2.32. The number of carbonyl (C=O) groups is 2. The Morgan fingerprint density at radius 2 is 1.37 bits per heavy atom. The maximum Gasteiger partial charge on any atom is 0.238 e. The number of sulfonamides is 1. The number of primary sulfonamides is 1. The molecule has 1 fully saturated rings. The highest BCUT2D eigenvalue weighted by molar-refractivity contribution is 7.89. The number of benzene rings is 2. The van der Waals surface area contributed by atoms with Gasteiger partial charge in [0, 0.05) is 42.9 Å². The van der Waals surface area contributed by atoms with E-state index in [0.29, 0.717) is 37.1 Å². The number of rotatable bonds is 8. The number of aromatic nitrogens is 1. The zero-order valence-corrected chi connectivity index (χ0v) is 20.0. The van der Waals surface area contributed by atoms with Gasteiger partial charge in [0.15, 0.2) is 0 Å². The number of nitrogens with zero attached hydrogens (tertiary/aromatic N) is 1. The lowest BCUT2D eigenvalue weighted by molar-refractivity contribution is -0.133. The average molecular weight is 493 g/mol. The predicted octanol–water partition coefficient (Wildman–Crippen LogP) is 2.74. The van der Waals surface area contributed by atoms with Gasteiger partial charge in [-0.2, -0.15) is 0 Å². The van der Waals surface area contributed by atoms with Crippen molar-refractivity contribution in [3.05, 3.63) is 84.2 Å². The van der Waals surface area contributed by atoms with E-state index in [9.17, 15) is 18.0 Å². The molecule has 1 aromatic heterocycles. The Morgan fingerprint density at radius 3 is 1.94 bits per heavy atom. The molecule has 0 spiro atoms. The quantitative estimate of drug-likeness (QED) is 0.445. The normalized spacial score (nSPS) is 17.6. The van der Waals surface area contributed by atoms with Gasteiger partial charge in [-0.25, -0.2) is 13.6 Å². The number of nitrogens with one attached hydrogen (secondary N) is 2. The first-order valence-electron chi connectivity index (χ1n) is 11.5. The van der Waals surface area contributed by atoms with Gasteiger partial charge in [-0.3, -0.25) is 14.6 Å². The van der Waals surface area contributed by atoms with E-state index in [0.717, 1.165) is 17.5 Å². The predicted molar refractivity (Wildman–Crippen MR) is 132 cm³/mol. The zero-order chi connectivity index (χ0) is 24.8. The summed E-state index contributed by atoms with van der Waals surface area (Å²) in [5, 5.41) is 11.2. The summed E-state index contributed by atoms with van der Waals surface area (Å²) < 4.78 is 23.8. The van der Waals surface area contributed by atoms with Crippen molar-refractivity contribution in [3.8, 4) is 11.1 Å². The van der Waals surface area contributed by atoms with Crippen LogP contribution in [0.3, 0.4) is 0 Å². The van der Waals surface area contributed by atoms with E-state index in [1.807, 2.05) is 24.3 Å². The van der Waals surface area contributed by atoms with Crippen LogP contribution in [0, 0.1) is 11.8 Å². The van der Waals surface area contributed by atoms with E-state index in [1.54, 1.807) is 42.7 Å². The molecule has 182 valence electrons. The van der Waals surface area contributed by atoms with E-state index in [2.05, 4.69) is 15.6 Å². The Bertz CT molecular complexity index is 1290. The molecule has 1 unspecified atom stereocenters. The summed E-state index contributed by atoms with van der Waals surface area (Å²) in [6.45, 7) is 0.727. The van der Waals surface area contributed by atoms with Crippen LogP contribution in [0.4, 0.5) is 0 Å². The van der Waals surface area contributed by atoms with Crippen LogP contribution in [0.1, 0.15) is 30.4 Å². The first kappa shape index (κ1) is 24.6. The maximum atomic E-state index is 12.9. The van der Waals surface area contributed by atoms with Crippen molar-refractivity contribution in [2.24, 2.45) is 17.0 Å². The van der Waals surface area contributed by atoms with Gasteiger partial charge in [0.25, 0.3) is 0 Å². The van der Waals surface area contributed by atoms with Crippen molar-refractivity contribution in [1.82, 2.24) is 15.6 Å². The topological polar surface area (TPSA) is 131 Å². The summed E-state index contributed by atoms with van der Waals surface area (Å²) in [5.74, 6) is -0.921. The van der Waals surface area contributed by atoms with Crippen molar-refractivity contribution in [1.29, 1.82) is 0 Å². The van der Waals surface area contributed by atoms with Crippen LogP contribution in [0.5, 0.6) is 0 Å². The Hall–Kier alpha value is -3.56. The molecule has 3 aromatic rings. The van der Waals surface area contributed by atoms with Gasteiger partial charge in [-0.1, -0.05) is 48.9 Å². The molecule has 0 saturated heterocycles. The summed E-state index contributed by atoms with van der Waals surface area (Å²) in [7, 11) is -3.85. The van der Waals surface area contributed by atoms with E-state index < -0.39 is 10.0 Å². The van der Waals surface area contributed by atoms with Crippen LogP contribution < -0.4 is 15.8 Å². The standard InChI is InChI=1S/C26H28N4O4S/c27-35(33,34)24-7-2-1-4-21(24)20-10-8-18(9-11-20)16-29-25(31)22-5-3-6-23(22)26(32)30-17-19-12-14-28-15-13-19/h1-2,4,7-15,22-23H,3,5-6,16-17H2,(H,29,31)(H,30,32)(H2,27,33,34)/t22-,23?/m1/s1. The van der Waals surface area contributed by atoms with Gasteiger partial charge in [-0.05, 0) is 47.7 Å². The molecule has 2 atom stereocenters. The minimum absolute atomic E-state index is 0.0653. The first-order valence-corrected chi connectivity index (χ1v) is 13.0. The molecule has 1 heterocycles. The van der Waals surface area contributed by atoms with Crippen LogP contribution >= 0.6 is 0 Å². The van der Waals surface area contributed by atoms with Gasteiger partial charge in [0.05, 0.1) is 4.90 Å². The molecule has 4 N–H and O–H groups in total. The van der Waals surface area contributed by atoms with E-state index in [4.69, 9.17) is 5.14 Å². The average Bonchev–Trinajstić information content (AvgIpc) is 3.37. The van der Waals surface area contributed by atoms with Crippen LogP contribution in [0.2, 0.25) is 0 Å². The largest absolute Gasteiger partial charge is 0.352 e. The molecule has 9 heteroatoms. The molecule has 0 bridgehead atoms. The monoisotopic (exact) mass is 492 g/mol. The summed E-state index contributed by atoms with van der Waals surface area (Å²) in [6.07, 6.45) is 5.57. The third kappa shape index (κ3) is 6.12. The Morgan fingerprint density at radius 1 is 0.829 bits per heavy atom. The van der Waals surface area contributed by atoms with Gasteiger partial charge in [0.1, 0.15) is 0 Å². The fourth-order valence-corrected chi connectivity index (χ4v) is 5.24. The molecule has 0 aliphatic heterocycles. The van der Waals surface area contributed by atoms with Gasteiger partial charge in [0.2, 0.25) is 21.8 Å². The number of pyridine rings is 1. The highest BCUT2D eigenvalue weighted by atomic mass is 32.2. The van der Waals surface area contributed by atoms with Crippen molar-refractivity contribution >= 4 is 21.8 Å². The number of amides is 2.